The van der Waals surface area contributed by atoms with Gasteiger partial charge in [0.25, 0.3) is 0 Å². The van der Waals surface area contributed by atoms with Gasteiger partial charge in [0.2, 0.25) is 0 Å². The molecule has 3 fully saturated rings. The Bertz CT molecular complexity index is 1820. The number of nitrogens with one attached hydrogen (secondary N) is 3. The van der Waals surface area contributed by atoms with E-state index in [1.54, 1.807) is 4.90 Å². The van der Waals surface area contributed by atoms with E-state index in [2.05, 4.69) is 44.3 Å². The van der Waals surface area contributed by atoms with E-state index >= 15 is 4.39 Å². The molecule has 0 bridgehead atoms. The fourth-order valence-electron chi connectivity index (χ4n) is 7.88. The van der Waals surface area contributed by atoms with E-state index < -0.39 is 11.9 Å². The van der Waals surface area contributed by atoms with Crippen LogP contribution in [0.1, 0.15) is 51.5 Å². The summed E-state index contributed by atoms with van der Waals surface area (Å²) in [4.78, 5) is 29.8. The number of benzene rings is 2. The predicted molar refractivity (Wildman–Crippen MR) is 201 cm³/mol. The number of fused-ring (bicyclic) bond motifs is 1. The molecule has 7 rings (SSSR count). The van der Waals surface area contributed by atoms with Gasteiger partial charge in [-0.3, -0.25) is 0 Å². The molecule has 52 heavy (non-hydrogen) atoms. The summed E-state index contributed by atoms with van der Waals surface area (Å²) in [7, 11) is 0. The number of aromatic amines is 1. The highest BCUT2D eigenvalue weighted by molar-refractivity contribution is 5.97. The molecule has 4 aromatic rings. The number of anilines is 1. The lowest BCUT2D eigenvalue weighted by Gasteiger charge is -2.32. The number of halogens is 1. The molecule has 5 heterocycles. The molecule has 11 nitrogen and oxygen atoms in total. The SMILES string of the molecule is Cc1c(NC(=O)N2C[C@H](CC(C)C)[C@@H](O)C2)cc(F)cc1-c1ncnc2[nH]c(-c3ccc(OC4CCN(CCOC5CCNCC5)CC4)cc3)cc12. The molecular weight excluding hydrogens is 661 g/mol. The van der Waals surface area contributed by atoms with Crippen LogP contribution in [0.5, 0.6) is 5.75 Å². The molecular formula is C40H52FN7O4. The molecule has 0 saturated carbocycles. The average molecular weight is 714 g/mol. The van der Waals surface area contributed by atoms with E-state index in [1.165, 1.54) is 18.5 Å². The van der Waals surface area contributed by atoms with Crippen molar-refractivity contribution in [3.05, 3.63) is 60.2 Å². The van der Waals surface area contributed by atoms with Gasteiger partial charge in [-0.1, -0.05) is 13.8 Å². The summed E-state index contributed by atoms with van der Waals surface area (Å²) in [6, 6.07) is 12.5. The van der Waals surface area contributed by atoms with Crippen LogP contribution in [0.25, 0.3) is 33.5 Å². The summed E-state index contributed by atoms with van der Waals surface area (Å²) < 4.78 is 27.6. The summed E-state index contributed by atoms with van der Waals surface area (Å²) in [6.07, 6.45) is 6.51. The van der Waals surface area contributed by atoms with Crippen molar-refractivity contribution in [1.82, 2.24) is 30.1 Å². The highest BCUT2D eigenvalue weighted by atomic mass is 19.1. The molecule has 2 aromatic heterocycles. The summed E-state index contributed by atoms with van der Waals surface area (Å²) in [5.41, 5.74) is 4.64. The number of amides is 2. The Hall–Kier alpha value is -4.10. The quantitative estimate of drug-likeness (QED) is 0.144. The van der Waals surface area contributed by atoms with Gasteiger partial charge in [-0.2, -0.15) is 0 Å². The van der Waals surface area contributed by atoms with Crippen molar-refractivity contribution in [3.63, 3.8) is 0 Å². The third-order valence-electron chi connectivity index (χ3n) is 10.8. The molecule has 2 amide bonds. The minimum atomic E-state index is -0.568. The fourth-order valence-corrected chi connectivity index (χ4v) is 7.88. The van der Waals surface area contributed by atoms with Gasteiger partial charge in [0, 0.05) is 61.0 Å². The lowest BCUT2D eigenvalue weighted by atomic mass is 9.95. The van der Waals surface area contributed by atoms with Gasteiger partial charge in [0.05, 0.1) is 24.5 Å². The monoisotopic (exact) mass is 713 g/mol. The zero-order valence-corrected chi connectivity index (χ0v) is 30.5. The Labute approximate surface area is 305 Å². The number of likely N-dealkylation sites (tertiary alicyclic amines) is 2. The third kappa shape index (κ3) is 8.57. The standard InChI is InChI=1S/C40H52FN7O4/c1-25(2)18-28-22-48(23-37(28)49)40(50)46-35-20-29(41)19-33(26(35)3)38-34-21-36(45-39(34)44-24-43-38)27-4-6-31(7-5-27)52-32-10-14-47(15-11-32)16-17-51-30-8-12-42-13-9-30/h4-7,19-21,24-25,28,30,32,37,42,49H,8-18,22-23H2,1-3H3,(H,46,50)(H,43,44,45)/t28-,37-/m0/s1. The number of carbonyl (C=O) groups is 1. The molecule has 0 unspecified atom stereocenters. The third-order valence-corrected chi connectivity index (χ3v) is 10.8. The lowest BCUT2D eigenvalue weighted by Crippen LogP contribution is -2.40. The second kappa shape index (κ2) is 16.3. The van der Waals surface area contributed by atoms with Crippen LogP contribution in [0.15, 0.2) is 48.8 Å². The molecule has 0 radical (unpaired) electrons. The van der Waals surface area contributed by atoms with E-state index in [9.17, 15) is 9.90 Å². The van der Waals surface area contributed by atoms with Gasteiger partial charge < -0.3 is 40.0 Å². The number of hydrogen-bond donors (Lipinski definition) is 4. The van der Waals surface area contributed by atoms with Crippen molar-refractivity contribution in [2.45, 2.75) is 71.2 Å². The number of aromatic nitrogens is 3. The molecule has 4 N–H and O–H groups in total. The van der Waals surface area contributed by atoms with Crippen molar-refractivity contribution in [1.29, 1.82) is 0 Å². The lowest BCUT2D eigenvalue weighted by molar-refractivity contribution is 0.0111. The van der Waals surface area contributed by atoms with Crippen LogP contribution in [0.4, 0.5) is 14.9 Å². The number of aliphatic hydroxyl groups excluding tert-OH is 1. The highest BCUT2D eigenvalue weighted by Gasteiger charge is 2.34. The first kappa shape index (κ1) is 36.3. The van der Waals surface area contributed by atoms with Gasteiger partial charge in [-0.25, -0.2) is 19.2 Å². The summed E-state index contributed by atoms with van der Waals surface area (Å²) >= 11 is 0. The van der Waals surface area contributed by atoms with E-state index in [0.29, 0.717) is 46.7 Å². The molecule has 0 aliphatic carbocycles. The Morgan fingerprint density at radius 2 is 1.81 bits per heavy atom. The number of hydrogen-bond acceptors (Lipinski definition) is 8. The van der Waals surface area contributed by atoms with Gasteiger partial charge in [-0.05, 0) is 112 Å². The number of aliphatic hydroxyl groups is 1. The van der Waals surface area contributed by atoms with Crippen molar-refractivity contribution in [2.75, 3.05) is 57.7 Å². The van der Waals surface area contributed by atoms with Crippen LogP contribution in [-0.4, -0.2) is 107 Å². The topological polar surface area (TPSA) is 128 Å². The zero-order chi connectivity index (χ0) is 36.2. The van der Waals surface area contributed by atoms with E-state index in [0.717, 1.165) is 93.8 Å². The van der Waals surface area contributed by atoms with Crippen molar-refractivity contribution < 1.29 is 23.8 Å². The van der Waals surface area contributed by atoms with Crippen LogP contribution in [-0.2, 0) is 4.74 Å². The van der Waals surface area contributed by atoms with Gasteiger partial charge in [0.15, 0.2) is 0 Å². The summed E-state index contributed by atoms with van der Waals surface area (Å²) in [6.45, 7) is 12.7. The minimum absolute atomic E-state index is 0.0268. The Balaban J connectivity index is 0.984. The maximum absolute atomic E-state index is 15.1. The van der Waals surface area contributed by atoms with Crippen LogP contribution in [0.3, 0.4) is 0 Å². The number of carbonyl (C=O) groups excluding carboxylic acids is 1. The van der Waals surface area contributed by atoms with Gasteiger partial charge >= 0.3 is 6.03 Å². The van der Waals surface area contributed by atoms with Crippen LogP contribution in [0.2, 0.25) is 0 Å². The number of urea groups is 1. The van der Waals surface area contributed by atoms with E-state index in [1.807, 2.05) is 37.3 Å². The van der Waals surface area contributed by atoms with Crippen molar-refractivity contribution in [3.8, 4) is 28.3 Å². The first-order valence-electron chi connectivity index (χ1n) is 18.9. The number of β-amino-alcohol motifs (C(OH)–C–C–N with tert-alkyl or cyclic N) is 1. The smallest absolute Gasteiger partial charge is 0.321 e. The number of piperidine rings is 2. The largest absolute Gasteiger partial charge is 0.490 e. The molecule has 2 aromatic carbocycles. The minimum Gasteiger partial charge on any atom is -0.490 e. The zero-order valence-electron chi connectivity index (χ0n) is 30.5. The maximum atomic E-state index is 15.1. The molecule has 3 saturated heterocycles. The molecule has 0 spiro atoms. The average Bonchev–Trinajstić information content (AvgIpc) is 3.74. The number of nitrogens with zero attached hydrogens (tertiary/aromatic N) is 4. The molecule has 3 aliphatic rings. The van der Waals surface area contributed by atoms with Crippen LogP contribution in [0, 0.1) is 24.6 Å². The fraction of sp³-hybridized carbons (Fsp3) is 0.525. The second-order valence-electron chi connectivity index (χ2n) is 15.1. The normalized spacial score (nSPS) is 20.6. The van der Waals surface area contributed by atoms with Crippen molar-refractivity contribution in [2.24, 2.45) is 11.8 Å². The number of rotatable bonds is 11. The maximum Gasteiger partial charge on any atom is 0.321 e. The van der Waals surface area contributed by atoms with Gasteiger partial charge in [-0.15, -0.1) is 0 Å². The number of H-pyrrole nitrogens is 1. The van der Waals surface area contributed by atoms with E-state index in [4.69, 9.17) is 9.47 Å². The van der Waals surface area contributed by atoms with Crippen LogP contribution >= 0.6 is 0 Å². The van der Waals surface area contributed by atoms with Gasteiger partial charge in [0.1, 0.15) is 29.6 Å². The Kier molecular flexibility index (Phi) is 11.4. The molecule has 12 heteroatoms. The first-order valence-corrected chi connectivity index (χ1v) is 18.9. The predicted octanol–water partition coefficient (Wildman–Crippen LogP) is 6.22. The van der Waals surface area contributed by atoms with E-state index in [-0.39, 0.29) is 24.6 Å². The molecule has 2 atom stereocenters. The Morgan fingerprint density at radius 3 is 2.56 bits per heavy atom. The molecule has 3 aliphatic heterocycles. The molecule has 278 valence electrons. The summed E-state index contributed by atoms with van der Waals surface area (Å²) in [5, 5.41) is 17.6. The second-order valence-corrected chi connectivity index (χ2v) is 15.1. The number of ether oxygens (including phenoxy) is 2. The van der Waals surface area contributed by atoms with Crippen molar-refractivity contribution >= 4 is 22.8 Å². The summed E-state index contributed by atoms with van der Waals surface area (Å²) in [5.74, 6) is 0.804. The Morgan fingerprint density at radius 1 is 1.04 bits per heavy atom. The van der Waals surface area contributed by atoms with Crippen LogP contribution < -0.4 is 15.4 Å². The highest BCUT2D eigenvalue weighted by Crippen LogP contribution is 2.35. The first-order chi connectivity index (χ1) is 25.2.